The molecule has 0 saturated carbocycles. The molecule has 1 fully saturated rings. The first-order valence-corrected chi connectivity index (χ1v) is 4.73. The van der Waals surface area contributed by atoms with Gasteiger partial charge in [0.05, 0.1) is 23.6 Å². The van der Waals surface area contributed by atoms with Crippen LogP contribution in [-0.2, 0) is 4.74 Å². The van der Waals surface area contributed by atoms with Gasteiger partial charge in [-0.1, -0.05) is 0 Å². The summed E-state index contributed by atoms with van der Waals surface area (Å²) in [6.45, 7) is 0.738. The van der Waals surface area contributed by atoms with Gasteiger partial charge < -0.3 is 10.5 Å². The van der Waals surface area contributed by atoms with Crippen LogP contribution in [0.5, 0.6) is 0 Å². The largest absolute Gasteiger partial charge is 0.372 e. The van der Waals surface area contributed by atoms with E-state index in [9.17, 15) is 4.79 Å². The van der Waals surface area contributed by atoms with Crippen LogP contribution < -0.4 is 5.73 Å². The molecule has 2 heterocycles. The van der Waals surface area contributed by atoms with Crippen molar-refractivity contribution in [3.8, 4) is 0 Å². The van der Waals surface area contributed by atoms with Crippen molar-refractivity contribution in [2.24, 2.45) is 5.73 Å². The van der Waals surface area contributed by atoms with Gasteiger partial charge >= 0.3 is 0 Å². The Morgan fingerprint density at radius 1 is 1.64 bits per heavy atom. The highest BCUT2D eigenvalue weighted by Crippen LogP contribution is 2.28. The summed E-state index contributed by atoms with van der Waals surface area (Å²) in [6.07, 6.45) is 4.52. The highest BCUT2D eigenvalue weighted by Gasteiger charge is 2.22. The fraction of sp³-hybridized carbons (Fsp3) is 0.556. The molecule has 0 aromatic carbocycles. The molecule has 0 radical (unpaired) electrons. The van der Waals surface area contributed by atoms with Gasteiger partial charge in [-0.15, -0.1) is 0 Å². The summed E-state index contributed by atoms with van der Waals surface area (Å²) in [4.78, 5) is 11.0. The number of nitrogens with two attached hydrogens (primary N) is 1. The van der Waals surface area contributed by atoms with Gasteiger partial charge in [0, 0.05) is 6.61 Å². The SMILES string of the molecule is NC(=O)c1cn[nH]c1C1CCCCO1. The third-order valence-corrected chi connectivity index (χ3v) is 2.44. The van der Waals surface area contributed by atoms with Gasteiger partial charge in [0.15, 0.2) is 0 Å². The zero-order chi connectivity index (χ0) is 9.97. The maximum atomic E-state index is 11.0. The Balaban J connectivity index is 2.21. The van der Waals surface area contributed by atoms with Gasteiger partial charge in [-0.25, -0.2) is 0 Å². The molecule has 1 aliphatic rings. The molecule has 0 aliphatic carbocycles. The summed E-state index contributed by atoms with van der Waals surface area (Å²) in [5.41, 5.74) is 6.37. The zero-order valence-electron chi connectivity index (χ0n) is 7.82. The number of primary amides is 1. The molecule has 1 amide bonds. The number of carbonyl (C=O) groups excluding carboxylic acids is 1. The molecule has 0 spiro atoms. The fourth-order valence-electron chi connectivity index (χ4n) is 1.71. The van der Waals surface area contributed by atoms with Crippen molar-refractivity contribution in [3.05, 3.63) is 17.5 Å². The molecule has 1 atom stereocenters. The quantitative estimate of drug-likeness (QED) is 0.730. The Bertz CT molecular complexity index is 329. The van der Waals surface area contributed by atoms with E-state index in [1.54, 1.807) is 0 Å². The first kappa shape index (κ1) is 9.21. The maximum absolute atomic E-state index is 11.0. The van der Waals surface area contributed by atoms with Gasteiger partial charge in [-0.3, -0.25) is 9.89 Å². The summed E-state index contributed by atoms with van der Waals surface area (Å²) in [5.74, 6) is -0.456. The summed E-state index contributed by atoms with van der Waals surface area (Å²) in [5, 5.41) is 6.59. The van der Waals surface area contributed by atoms with Crippen LogP contribution in [0.25, 0.3) is 0 Å². The number of carbonyl (C=O) groups is 1. The molecule has 1 aromatic rings. The van der Waals surface area contributed by atoms with Crippen LogP contribution in [-0.4, -0.2) is 22.7 Å². The second-order valence-electron chi connectivity index (χ2n) is 3.42. The molecule has 14 heavy (non-hydrogen) atoms. The van der Waals surface area contributed by atoms with Crippen molar-refractivity contribution >= 4 is 5.91 Å². The van der Waals surface area contributed by atoms with Crippen LogP contribution in [0, 0.1) is 0 Å². The van der Waals surface area contributed by atoms with E-state index in [4.69, 9.17) is 10.5 Å². The summed E-state index contributed by atoms with van der Waals surface area (Å²) >= 11 is 0. The molecule has 76 valence electrons. The van der Waals surface area contributed by atoms with E-state index in [2.05, 4.69) is 10.2 Å². The van der Waals surface area contributed by atoms with Crippen molar-refractivity contribution in [1.29, 1.82) is 0 Å². The van der Waals surface area contributed by atoms with Crippen molar-refractivity contribution in [2.75, 3.05) is 6.61 Å². The Morgan fingerprint density at radius 3 is 3.14 bits per heavy atom. The van der Waals surface area contributed by atoms with Crippen LogP contribution in [0.3, 0.4) is 0 Å². The Kier molecular flexibility index (Phi) is 2.49. The number of ether oxygens (including phenoxy) is 1. The number of rotatable bonds is 2. The monoisotopic (exact) mass is 195 g/mol. The van der Waals surface area contributed by atoms with E-state index in [1.165, 1.54) is 6.20 Å². The number of nitrogens with zero attached hydrogens (tertiary/aromatic N) is 1. The number of nitrogens with one attached hydrogen (secondary N) is 1. The van der Waals surface area contributed by atoms with E-state index >= 15 is 0 Å². The topological polar surface area (TPSA) is 81.0 Å². The van der Waals surface area contributed by atoms with Gasteiger partial charge in [-0.05, 0) is 19.3 Å². The van der Waals surface area contributed by atoms with Crippen molar-refractivity contribution in [1.82, 2.24) is 10.2 Å². The molecule has 0 bridgehead atoms. The second kappa shape index (κ2) is 3.79. The van der Waals surface area contributed by atoms with Gasteiger partial charge in [-0.2, -0.15) is 5.10 Å². The first-order valence-electron chi connectivity index (χ1n) is 4.73. The minimum absolute atomic E-state index is 0.0475. The third-order valence-electron chi connectivity index (χ3n) is 2.44. The standard InChI is InChI=1S/C9H13N3O2/c10-9(13)6-5-11-12-8(6)7-3-1-2-4-14-7/h5,7H,1-4H2,(H2,10,13)(H,11,12). The molecule has 5 nitrogen and oxygen atoms in total. The Labute approximate surface area is 81.6 Å². The van der Waals surface area contributed by atoms with Gasteiger partial charge in [0.1, 0.15) is 0 Å². The Hall–Kier alpha value is -1.36. The van der Waals surface area contributed by atoms with E-state index in [-0.39, 0.29) is 6.10 Å². The third kappa shape index (κ3) is 1.63. The predicted octanol–water partition coefficient (Wildman–Crippen LogP) is 0.750. The van der Waals surface area contributed by atoms with Crippen molar-refractivity contribution in [2.45, 2.75) is 25.4 Å². The second-order valence-corrected chi connectivity index (χ2v) is 3.42. The lowest BCUT2D eigenvalue weighted by molar-refractivity contribution is 0.0118. The minimum atomic E-state index is -0.456. The van der Waals surface area contributed by atoms with Crippen LogP contribution in [0.2, 0.25) is 0 Å². The lowest BCUT2D eigenvalue weighted by Gasteiger charge is -2.21. The Morgan fingerprint density at radius 2 is 2.50 bits per heavy atom. The highest BCUT2D eigenvalue weighted by atomic mass is 16.5. The molecular weight excluding hydrogens is 182 g/mol. The lowest BCUT2D eigenvalue weighted by Crippen LogP contribution is -2.18. The maximum Gasteiger partial charge on any atom is 0.252 e. The zero-order valence-corrected chi connectivity index (χ0v) is 7.82. The van der Waals surface area contributed by atoms with Crippen LogP contribution in [0.15, 0.2) is 6.20 Å². The number of hydrogen-bond donors (Lipinski definition) is 2. The number of aromatic nitrogens is 2. The normalized spacial score (nSPS) is 22.1. The van der Waals surface area contributed by atoms with Crippen LogP contribution in [0.1, 0.15) is 41.4 Å². The average Bonchev–Trinajstić information content (AvgIpc) is 2.67. The molecule has 3 N–H and O–H groups in total. The smallest absolute Gasteiger partial charge is 0.252 e. The highest BCUT2D eigenvalue weighted by molar-refractivity contribution is 5.93. The first-order chi connectivity index (χ1) is 6.79. The van der Waals surface area contributed by atoms with Crippen LogP contribution >= 0.6 is 0 Å². The average molecular weight is 195 g/mol. The number of hydrogen-bond acceptors (Lipinski definition) is 3. The molecular formula is C9H13N3O2. The predicted molar refractivity (Wildman–Crippen MR) is 49.6 cm³/mol. The van der Waals surface area contributed by atoms with Gasteiger partial charge in [0.25, 0.3) is 5.91 Å². The van der Waals surface area contributed by atoms with Crippen LogP contribution in [0.4, 0.5) is 0 Å². The number of aromatic amines is 1. The van der Waals surface area contributed by atoms with E-state index < -0.39 is 5.91 Å². The summed E-state index contributed by atoms with van der Waals surface area (Å²) in [7, 11) is 0. The molecule has 1 aliphatic heterocycles. The van der Waals surface area contributed by atoms with E-state index in [1.807, 2.05) is 0 Å². The number of H-pyrrole nitrogens is 1. The fourth-order valence-corrected chi connectivity index (χ4v) is 1.71. The molecule has 5 heteroatoms. The summed E-state index contributed by atoms with van der Waals surface area (Å²) < 4.78 is 5.53. The van der Waals surface area contributed by atoms with E-state index in [0.717, 1.165) is 31.6 Å². The minimum Gasteiger partial charge on any atom is -0.372 e. The lowest BCUT2D eigenvalue weighted by atomic mass is 10.0. The molecule has 1 unspecified atom stereocenters. The van der Waals surface area contributed by atoms with E-state index in [0.29, 0.717) is 5.56 Å². The number of amides is 1. The molecule has 2 rings (SSSR count). The molecule has 1 saturated heterocycles. The van der Waals surface area contributed by atoms with Crippen molar-refractivity contribution < 1.29 is 9.53 Å². The van der Waals surface area contributed by atoms with Gasteiger partial charge in [0.2, 0.25) is 0 Å². The van der Waals surface area contributed by atoms with Crippen molar-refractivity contribution in [3.63, 3.8) is 0 Å². The molecule has 1 aromatic heterocycles. The summed E-state index contributed by atoms with van der Waals surface area (Å²) in [6, 6.07) is 0.